The smallest absolute Gasteiger partial charge is 0.207 e. The summed E-state index contributed by atoms with van der Waals surface area (Å²) in [6.07, 6.45) is 4.08. The van der Waals surface area contributed by atoms with Crippen LogP contribution in [0.4, 0.5) is 5.69 Å². The van der Waals surface area contributed by atoms with Gasteiger partial charge in [-0.15, -0.1) is 0 Å². The quantitative estimate of drug-likeness (QED) is 0.0930. The van der Waals surface area contributed by atoms with Crippen molar-refractivity contribution in [2.75, 3.05) is 47.0 Å². The zero-order chi connectivity index (χ0) is 30.4. The molecule has 0 aliphatic carbocycles. The minimum absolute atomic E-state index is 0.183. The lowest BCUT2D eigenvalue weighted by Crippen LogP contribution is -2.25. The molecule has 41 heavy (non-hydrogen) atoms. The maximum Gasteiger partial charge on any atom is 0.207 e. The van der Waals surface area contributed by atoms with Crippen LogP contribution in [0, 0.1) is 38.0 Å². The standard InChI is InChI=1S/C26H22N4.C5H12N2O.C2H7N/c1-16-4-7-20(8-5-16)26-18(3)17(2)24-23(30-26)11-10-22(28)25(24)21(27)9-6-19-12-14-29-15-13-19;1-7(2)4-3-6-5-8;1-3-2/h4-5,7-8,10-15,27H,28H2,1-3H3;5H,3-4H2,1-2H3,(H,6,8);3H,1-2H3. The Bertz CT molecular complexity index is 1500. The number of carbonyl (C=O) groups is 1. The molecule has 2 aromatic heterocycles. The molecule has 214 valence electrons. The van der Waals surface area contributed by atoms with Crippen LogP contribution in [-0.2, 0) is 4.79 Å². The molecule has 0 aliphatic heterocycles. The van der Waals surface area contributed by atoms with E-state index in [1.165, 1.54) is 5.56 Å². The van der Waals surface area contributed by atoms with Crippen LogP contribution in [0.15, 0.2) is 60.9 Å². The van der Waals surface area contributed by atoms with Crippen molar-refractivity contribution in [3.63, 3.8) is 0 Å². The van der Waals surface area contributed by atoms with E-state index in [-0.39, 0.29) is 5.71 Å². The SMILES string of the molecule is CN(C)CCNC=O.CNC.Cc1ccc(-c2nc3ccc(N)c(C(=N)C#Cc4ccncc4)c3c(C)c2C)cc1. The maximum absolute atomic E-state index is 9.66. The molecule has 0 spiro atoms. The molecule has 0 saturated carbocycles. The monoisotopic (exact) mass is 551 g/mol. The zero-order valence-electron chi connectivity index (χ0n) is 25.1. The van der Waals surface area contributed by atoms with E-state index >= 15 is 0 Å². The molecule has 0 aliphatic rings. The van der Waals surface area contributed by atoms with Gasteiger partial charge in [-0.1, -0.05) is 35.7 Å². The average molecular weight is 552 g/mol. The average Bonchev–Trinajstić information content (AvgIpc) is 2.96. The summed E-state index contributed by atoms with van der Waals surface area (Å²) in [5, 5.41) is 14.8. The van der Waals surface area contributed by atoms with E-state index in [2.05, 4.69) is 72.5 Å². The largest absolute Gasteiger partial charge is 0.398 e. The van der Waals surface area contributed by atoms with Gasteiger partial charge in [0.2, 0.25) is 6.41 Å². The molecule has 8 heteroatoms. The molecule has 0 saturated heterocycles. The third kappa shape index (κ3) is 9.53. The number of anilines is 1. The maximum atomic E-state index is 9.66. The first-order chi connectivity index (χ1) is 19.6. The van der Waals surface area contributed by atoms with Gasteiger partial charge in [-0.3, -0.25) is 15.2 Å². The second-order valence-electron chi connectivity index (χ2n) is 9.74. The summed E-state index contributed by atoms with van der Waals surface area (Å²) in [6, 6.07) is 15.7. The summed E-state index contributed by atoms with van der Waals surface area (Å²) in [5.74, 6) is 5.97. The molecule has 0 unspecified atom stereocenters. The first-order valence-corrected chi connectivity index (χ1v) is 13.3. The van der Waals surface area contributed by atoms with Crippen LogP contribution in [0.25, 0.3) is 22.2 Å². The van der Waals surface area contributed by atoms with E-state index in [4.69, 9.17) is 16.1 Å². The Labute approximate surface area is 243 Å². The van der Waals surface area contributed by atoms with Crippen LogP contribution in [0.1, 0.15) is 27.8 Å². The van der Waals surface area contributed by atoms with Crippen molar-refractivity contribution in [2.45, 2.75) is 20.8 Å². The number of fused-ring (bicyclic) bond motifs is 1. The molecule has 4 aromatic rings. The summed E-state index contributed by atoms with van der Waals surface area (Å²) in [5.41, 5.74) is 14.6. The minimum Gasteiger partial charge on any atom is -0.398 e. The lowest BCUT2D eigenvalue weighted by molar-refractivity contribution is -0.109. The van der Waals surface area contributed by atoms with Crippen molar-refractivity contribution in [3.05, 3.63) is 88.7 Å². The lowest BCUT2D eigenvalue weighted by Gasteiger charge is -2.16. The number of nitrogen functional groups attached to an aromatic ring is 1. The normalized spacial score (nSPS) is 9.95. The van der Waals surface area contributed by atoms with Gasteiger partial charge in [-0.2, -0.15) is 0 Å². The molecule has 0 fully saturated rings. The first-order valence-electron chi connectivity index (χ1n) is 13.3. The van der Waals surface area contributed by atoms with Crippen molar-refractivity contribution >= 4 is 28.7 Å². The first kappa shape index (κ1) is 32.6. The number of amides is 1. The number of aromatic nitrogens is 2. The fourth-order valence-electron chi connectivity index (χ4n) is 3.89. The summed E-state index contributed by atoms with van der Waals surface area (Å²) in [4.78, 5) is 20.6. The number of carbonyl (C=O) groups excluding carboxylic acids is 1. The van der Waals surface area contributed by atoms with Crippen LogP contribution in [0.3, 0.4) is 0 Å². The number of nitrogens with two attached hydrogens (primary N) is 1. The predicted octanol–water partition coefficient (Wildman–Crippen LogP) is 4.35. The van der Waals surface area contributed by atoms with E-state index in [9.17, 15) is 4.79 Å². The molecular formula is C33H41N7O. The van der Waals surface area contributed by atoms with Gasteiger partial charge in [0, 0.05) is 53.2 Å². The third-order valence-electron chi connectivity index (χ3n) is 6.11. The molecule has 2 aromatic carbocycles. The topological polar surface area (TPSA) is 120 Å². The Morgan fingerprint density at radius 3 is 2.22 bits per heavy atom. The summed E-state index contributed by atoms with van der Waals surface area (Å²) >= 11 is 0. The Morgan fingerprint density at radius 1 is 1.00 bits per heavy atom. The fourth-order valence-corrected chi connectivity index (χ4v) is 3.89. The van der Waals surface area contributed by atoms with Crippen LogP contribution in [0.5, 0.6) is 0 Å². The second kappa shape index (κ2) is 16.5. The second-order valence-corrected chi connectivity index (χ2v) is 9.74. The van der Waals surface area contributed by atoms with E-state index in [0.717, 1.165) is 51.9 Å². The molecule has 5 N–H and O–H groups in total. The summed E-state index contributed by atoms with van der Waals surface area (Å²) < 4.78 is 0. The number of pyridine rings is 2. The molecule has 1 amide bonds. The van der Waals surface area contributed by atoms with Gasteiger partial charge >= 0.3 is 0 Å². The number of hydrogen-bond donors (Lipinski definition) is 4. The molecule has 0 radical (unpaired) electrons. The van der Waals surface area contributed by atoms with E-state index in [0.29, 0.717) is 17.7 Å². The van der Waals surface area contributed by atoms with Crippen LogP contribution >= 0.6 is 0 Å². The number of nitrogens with zero attached hydrogens (tertiary/aromatic N) is 3. The zero-order valence-corrected chi connectivity index (χ0v) is 25.1. The molecule has 8 nitrogen and oxygen atoms in total. The fraction of sp³-hybridized carbons (Fsp3) is 0.273. The lowest BCUT2D eigenvalue weighted by atomic mass is 9.93. The molecule has 0 bridgehead atoms. The van der Waals surface area contributed by atoms with Gasteiger partial charge in [0.05, 0.1) is 11.2 Å². The van der Waals surface area contributed by atoms with Gasteiger partial charge in [0.15, 0.2) is 0 Å². The number of likely N-dealkylation sites (N-methyl/N-ethyl adjacent to an activating group) is 1. The van der Waals surface area contributed by atoms with Gasteiger partial charge in [0.25, 0.3) is 0 Å². The minimum atomic E-state index is 0.183. The number of hydrogen-bond acceptors (Lipinski definition) is 7. The highest BCUT2D eigenvalue weighted by Gasteiger charge is 2.17. The van der Waals surface area contributed by atoms with Crippen molar-refractivity contribution in [3.8, 4) is 23.1 Å². The Kier molecular flexibility index (Phi) is 13.1. The van der Waals surface area contributed by atoms with Crippen LogP contribution in [0.2, 0.25) is 0 Å². The summed E-state index contributed by atoms with van der Waals surface area (Å²) in [7, 11) is 7.68. The van der Waals surface area contributed by atoms with Gasteiger partial charge < -0.3 is 21.3 Å². The summed E-state index contributed by atoms with van der Waals surface area (Å²) in [6.45, 7) is 7.83. The molecule has 0 atom stereocenters. The van der Waals surface area contributed by atoms with E-state index < -0.39 is 0 Å². The highest BCUT2D eigenvalue weighted by atomic mass is 16.1. The highest BCUT2D eigenvalue weighted by Crippen LogP contribution is 2.33. The Balaban J connectivity index is 0.000000457. The molecule has 4 rings (SSSR count). The van der Waals surface area contributed by atoms with Gasteiger partial charge in [0.1, 0.15) is 5.71 Å². The number of nitrogens with one attached hydrogen (secondary N) is 3. The predicted molar refractivity (Wildman–Crippen MR) is 171 cm³/mol. The van der Waals surface area contributed by atoms with E-state index in [1.807, 2.05) is 51.3 Å². The van der Waals surface area contributed by atoms with Crippen LogP contribution < -0.4 is 16.4 Å². The Hall–Kier alpha value is -4.58. The van der Waals surface area contributed by atoms with Gasteiger partial charge in [-0.25, -0.2) is 4.98 Å². The van der Waals surface area contributed by atoms with Crippen LogP contribution in [-0.4, -0.2) is 68.3 Å². The van der Waals surface area contributed by atoms with Crippen molar-refractivity contribution in [1.82, 2.24) is 25.5 Å². The number of benzene rings is 2. The third-order valence-corrected chi connectivity index (χ3v) is 6.11. The van der Waals surface area contributed by atoms with Crippen molar-refractivity contribution in [1.29, 1.82) is 5.41 Å². The molecular weight excluding hydrogens is 510 g/mol. The Morgan fingerprint density at radius 2 is 1.63 bits per heavy atom. The van der Waals surface area contributed by atoms with Gasteiger partial charge in [-0.05, 0) is 90.3 Å². The van der Waals surface area contributed by atoms with Crippen molar-refractivity contribution < 1.29 is 4.79 Å². The van der Waals surface area contributed by atoms with Crippen molar-refractivity contribution in [2.24, 2.45) is 0 Å². The van der Waals surface area contributed by atoms with E-state index in [1.54, 1.807) is 18.5 Å². The number of aryl methyl sites for hydroxylation is 2. The molecule has 2 heterocycles. The highest BCUT2D eigenvalue weighted by molar-refractivity contribution is 6.21. The number of rotatable bonds is 6.